The molecule has 5 nitrogen and oxygen atoms in total. The lowest BCUT2D eigenvalue weighted by molar-refractivity contribution is 0.617. The van der Waals surface area contributed by atoms with Gasteiger partial charge in [-0.1, -0.05) is 11.6 Å². The predicted octanol–water partition coefficient (Wildman–Crippen LogP) is 3.47. The van der Waals surface area contributed by atoms with Crippen LogP contribution in [0.4, 0.5) is 0 Å². The molecule has 20 heavy (non-hydrogen) atoms. The summed E-state index contributed by atoms with van der Waals surface area (Å²) in [6.45, 7) is 8.17. The highest BCUT2D eigenvalue weighted by molar-refractivity contribution is 6.30. The second kappa shape index (κ2) is 4.59. The first-order valence-corrected chi connectivity index (χ1v) is 6.92. The molecular formula is C14H16ClN5. The van der Waals surface area contributed by atoms with Gasteiger partial charge in [-0.25, -0.2) is 14.6 Å². The molecule has 0 N–H and O–H groups in total. The summed E-state index contributed by atoms with van der Waals surface area (Å²) in [6.07, 6.45) is 1.82. The van der Waals surface area contributed by atoms with Gasteiger partial charge in [-0.05, 0) is 33.8 Å². The van der Waals surface area contributed by atoms with Gasteiger partial charge in [-0.2, -0.15) is 5.10 Å². The van der Waals surface area contributed by atoms with Gasteiger partial charge >= 0.3 is 0 Å². The Kier molecular flexibility index (Phi) is 3.01. The summed E-state index contributed by atoms with van der Waals surface area (Å²) in [4.78, 5) is 8.90. The zero-order valence-corrected chi connectivity index (χ0v) is 12.7. The minimum atomic E-state index is 0.312. The molecule has 0 amide bonds. The van der Waals surface area contributed by atoms with Crippen molar-refractivity contribution < 1.29 is 0 Å². The van der Waals surface area contributed by atoms with Gasteiger partial charge in [0.1, 0.15) is 10.7 Å². The molecule has 0 aliphatic carbocycles. The molecule has 0 fully saturated rings. The van der Waals surface area contributed by atoms with Crippen LogP contribution < -0.4 is 0 Å². The minimum Gasteiger partial charge on any atom is -0.328 e. The van der Waals surface area contributed by atoms with E-state index in [1.807, 2.05) is 32.3 Å². The van der Waals surface area contributed by atoms with Gasteiger partial charge < -0.3 is 4.57 Å². The molecule has 0 saturated heterocycles. The Bertz CT molecular complexity index is 784. The van der Waals surface area contributed by atoms with Crippen molar-refractivity contribution in [3.63, 3.8) is 0 Å². The molecule has 0 saturated carbocycles. The fraction of sp³-hybridized carbons (Fsp3) is 0.357. The van der Waals surface area contributed by atoms with Crippen LogP contribution in [0.15, 0.2) is 18.5 Å². The SMILES string of the molecule is Cc1cc(C)n(-c2nc(Cl)cc3c2ncn3C(C)C)n1. The van der Waals surface area contributed by atoms with E-state index in [9.17, 15) is 0 Å². The predicted molar refractivity (Wildman–Crippen MR) is 79.5 cm³/mol. The van der Waals surface area contributed by atoms with Crippen LogP contribution in [0, 0.1) is 13.8 Å². The Hall–Kier alpha value is -1.88. The number of imidazole rings is 1. The van der Waals surface area contributed by atoms with Gasteiger partial charge in [0.2, 0.25) is 0 Å². The smallest absolute Gasteiger partial charge is 0.183 e. The van der Waals surface area contributed by atoms with Gasteiger partial charge in [0.25, 0.3) is 0 Å². The van der Waals surface area contributed by atoms with Crippen molar-refractivity contribution >= 4 is 22.6 Å². The largest absolute Gasteiger partial charge is 0.328 e. The summed E-state index contributed by atoms with van der Waals surface area (Å²) >= 11 is 6.17. The minimum absolute atomic E-state index is 0.312. The highest BCUT2D eigenvalue weighted by Gasteiger charge is 2.16. The van der Waals surface area contributed by atoms with Crippen LogP contribution in [0.25, 0.3) is 16.9 Å². The maximum atomic E-state index is 6.17. The fourth-order valence-electron chi connectivity index (χ4n) is 2.39. The molecule has 0 unspecified atom stereocenters. The Morgan fingerprint density at radius 3 is 2.55 bits per heavy atom. The molecule has 3 heterocycles. The zero-order chi connectivity index (χ0) is 14.4. The third kappa shape index (κ3) is 1.98. The highest BCUT2D eigenvalue weighted by Crippen LogP contribution is 2.25. The van der Waals surface area contributed by atoms with E-state index < -0.39 is 0 Å². The summed E-state index contributed by atoms with van der Waals surface area (Å²) in [5.74, 6) is 0.678. The van der Waals surface area contributed by atoms with E-state index in [-0.39, 0.29) is 0 Å². The van der Waals surface area contributed by atoms with Crippen LogP contribution in [0.1, 0.15) is 31.3 Å². The summed E-state index contributed by atoms with van der Waals surface area (Å²) < 4.78 is 3.87. The number of pyridine rings is 1. The molecule has 0 aliphatic rings. The molecule has 3 aromatic rings. The average molecular weight is 290 g/mol. The van der Waals surface area contributed by atoms with E-state index in [0.29, 0.717) is 17.0 Å². The first-order valence-electron chi connectivity index (χ1n) is 6.54. The first kappa shape index (κ1) is 13.1. The van der Waals surface area contributed by atoms with Crippen molar-refractivity contribution in [1.82, 2.24) is 24.3 Å². The van der Waals surface area contributed by atoms with Crippen LogP contribution in [0.5, 0.6) is 0 Å². The average Bonchev–Trinajstić information content (AvgIpc) is 2.91. The molecule has 0 aliphatic heterocycles. The van der Waals surface area contributed by atoms with Crippen LogP contribution in [0.3, 0.4) is 0 Å². The first-order chi connectivity index (χ1) is 9.47. The highest BCUT2D eigenvalue weighted by atomic mass is 35.5. The molecule has 0 radical (unpaired) electrons. The van der Waals surface area contributed by atoms with Crippen LogP contribution in [-0.2, 0) is 0 Å². The number of aryl methyl sites for hydroxylation is 2. The molecule has 0 aromatic carbocycles. The molecule has 0 bridgehead atoms. The Balaban J connectivity index is 2.33. The monoisotopic (exact) mass is 289 g/mol. The van der Waals surface area contributed by atoms with Crippen molar-refractivity contribution in [3.8, 4) is 5.82 Å². The number of hydrogen-bond acceptors (Lipinski definition) is 3. The van der Waals surface area contributed by atoms with Gasteiger partial charge in [-0.3, -0.25) is 0 Å². The molecule has 0 spiro atoms. The number of hydrogen-bond donors (Lipinski definition) is 0. The lowest BCUT2D eigenvalue weighted by Gasteiger charge is -2.09. The second-order valence-electron chi connectivity index (χ2n) is 5.22. The Labute approximate surface area is 122 Å². The number of aromatic nitrogens is 5. The summed E-state index contributed by atoms with van der Waals surface area (Å²) in [5.41, 5.74) is 3.75. The van der Waals surface area contributed by atoms with Crippen LogP contribution in [0.2, 0.25) is 5.15 Å². The zero-order valence-electron chi connectivity index (χ0n) is 11.9. The van der Waals surface area contributed by atoms with E-state index in [4.69, 9.17) is 11.6 Å². The van der Waals surface area contributed by atoms with Gasteiger partial charge in [-0.15, -0.1) is 0 Å². The van der Waals surface area contributed by atoms with Crippen molar-refractivity contribution in [1.29, 1.82) is 0 Å². The second-order valence-corrected chi connectivity index (χ2v) is 5.61. The van der Waals surface area contributed by atoms with E-state index in [1.54, 1.807) is 4.68 Å². The van der Waals surface area contributed by atoms with Crippen molar-refractivity contribution in [2.75, 3.05) is 0 Å². The lowest BCUT2D eigenvalue weighted by Crippen LogP contribution is -2.04. The Morgan fingerprint density at radius 2 is 1.95 bits per heavy atom. The molecule has 0 atom stereocenters. The molecule has 3 rings (SSSR count). The van der Waals surface area contributed by atoms with E-state index >= 15 is 0 Å². The summed E-state index contributed by atoms with van der Waals surface area (Å²) in [5, 5.41) is 4.92. The van der Waals surface area contributed by atoms with E-state index in [2.05, 4.69) is 33.5 Å². The molecule has 6 heteroatoms. The normalized spacial score (nSPS) is 11.7. The molecule has 104 valence electrons. The van der Waals surface area contributed by atoms with E-state index in [0.717, 1.165) is 22.4 Å². The lowest BCUT2D eigenvalue weighted by atomic mass is 10.3. The Morgan fingerprint density at radius 1 is 1.20 bits per heavy atom. The van der Waals surface area contributed by atoms with Crippen molar-refractivity contribution in [3.05, 3.63) is 35.0 Å². The summed E-state index contributed by atoms with van der Waals surface area (Å²) in [6, 6.07) is 4.17. The quantitative estimate of drug-likeness (QED) is 0.679. The molecular weight excluding hydrogens is 274 g/mol. The standard InChI is InChI=1S/C14H16ClN5/c1-8(2)19-7-16-13-11(19)6-12(15)17-14(13)20-10(4)5-9(3)18-20/h5-8H,1-4H3. The maximum Gasteiger partial charge on any atom is 0.183 e. The van der Waals surface area contributed by atoms with Crippen LogP contribution >= 0.6 is 11.6 Å². The van der Waals surface area contributed by atoms with Crippen molar-refractivity contribution in [2.24, 2.45) is 0 Å². The van der Waals surface area contributed by atoms with E-state index in [1.165, 1.54) is 0 Å². The number of halogens is 1. The van der Waals surface area contributed by atoms with Crippen molar-refractivity contribution in [2.45, 2.75) is 33.7 Å². The summed E-state index contributed by atoms with van der Waals surface area (Å²) in [7, 11) is 0. The van der Waals surface area contributed by atoms with Gasteiger partial charge in [0.05, 0.1) is 17.5 Å². The third-order valence-electron chi connectivity index (χ3n) is 3.28. The van der Waals surface area contributed by atoms with Gasteiger partial charge in [0, 0.05) is 17.8 Å². The topological polar surface area (TPSA) is 48.5 Å². The van der Waals surface area contributed by atoms with Gasteiger partial charge in [0.15, 0.2) is 5.82 Å². The number of fused-ring (bicyclic) bond motifs is 1. The van der Waals surface area contributed by atoms with Crippen LogP contribution in [-0.4, -0.2) is 24.3 Å². The number of rotatable bonds is 2. The molecule has 3 aromatic heterocycles. The number of nitrogens with zero attached hydrogens (tertiary/aromatic N) is 5. The maximum absolute atomic E-state index is 6.17. The third-order valence-corrected chi connectivity index (χ3v) is 3.47. The fourth-order valence-corrected chi connectivity index (χ4v) is 2.57.